The molecule has 0 amide bonds. The van der Waals surface area contributed by atoms with Gasteiger partial charge in [0.15, 0.2) is 0 Å². The molecule has 1 fully saturated rings. The van der Waals surface area contributed by atoms with E-state index in [2.05, 4.69) is 16.0 Å². The van der Waals surface area contributed by atoms with Crippen LogP contribution in [0, 0.1) is 17.2 Å². The average Bonchev–Trinajstić information content (AvgIpc) is 3.58. The van der Waals surface area contributed by atoms with Crippen LogP contribution in [0.1, 0.15) is 24.1 Å². The van der Waals surface area contributed by atoms with Crippen LogP contribution in [0.3, 0.4) is 0 Å². The molecule has 6 N–H and O–H groups in total. The number of benzene rings is 2. The second-order valence-electron chi connectivity index (χ2n) is 7.80. The second-order valence-corrected chi connectivity index (χ2v) is 8.21. The summed E-state index contributed by atoms with van der Waals surface area (Å²) in [5.74, 6) is 0.708. The van der Waals surface area contributed by atoms with E-state index < -0.39 is 0 Å². The number of hydrogen-bond acceptors (Lipinski definition) is 7. The minimum absolute atomic E-state index is 0.0116. The predicted molar refractivity (Wildman–Crippen MR) is 131 cm³/mol. The minimum Gasteiger partial charge on any atom is -0.382 e. The summed E-state index contributed by atoms with van der Waals surface area (Å²) < 4.78 is 1.83. The van der Waals surface area contributed by atoms with Gasteiger partial charge < -0.3 is 17.2 Å². The molecule has 0 saturated heterocycles. The number of nitriles is 1. The van der Waals surface area contributed by atoms with Crippen molar-refractivity contribution in [1.82, 2.24) is 14.5 Å². The maximum Gasteiger partial charge on any atom is 0.264 e. The Labute approximate surface area is 195 Å². The molecule has 4 aromatic rings. The van der Waals surface area contributed by atoms with Crippen molar-refractivity contribution in [3.8, 4) is 11.8 Å². The lowest BCUT2D eigenvalue weighted by Gasteiger charge is -2.15. The summed E-state index contributed by atoms with van der Waals surface area (Å²) in [6.07, 6.45) is 3.47. The predicted octanol–water partition coefficient (Wildman–Crippen LogP) is 3.69. The third-order valence-electron chi connectivity index (χ3n) is 5.38. The van der Waals surface area contributed by atoms with Gasteiger partial charge in [-0.3, -0.25) is 9.36 Å². The Hall–Kier alpha value is -4.09. The van der Waals surface area contributed by atoms with Crippen molar-refractivity contribution < 1.29 is 0 Å². The molecule has 166 valence electrons. The summed E-state index contributed by atoms with van der Waals surface area (Å²) in [6, 6.07) is 19.3. The molecular formula is C24H22ClN7O. The molecule has 33 heavy (non-hydrogen) atoms. The smallest absolute Gasteiger partial charge is 0.264 e. The first-order valence-corrected chi connectivity index (χ1v) is 10.7. The van der Waals surface area contributed by atoms with Crippen LogP contribution >= 0.6 is 11.6 Å². The monoisotopic (exact) mass is 459 g/mol. The van der Waals surface area contributed by atoms with Crippen LogP contribution in [0.2, 0.25) is 5.02 Å². The molecule has 2 aromatic heterocycles. The zero-order valence-electron chi connectivity index (χ0n) is 17.7. The van der Waals surface area contributed by atoms with Crippen LogP contribution in [-0.2, 0) is 6.42 Å². The number of nitrogen functional groups attached to an aromatic ring is 3. The van der Waals surface area contributed by atoms with Gasteiger partial charge in [-0.05, 0) is 54.8 Å². The average molecular weight is 460 g/mol. The van der Waals surface area contributed by atoms with Gasteiger partial charge in [-0.15, -0.1) is 0 Å². The lowest BCUT2D eigenvalue weighted by Crippen LogP contribution is -2.22. The summed E-state index contributed by atoms with van der Waals surface area (Å²) in [5, 5.41) is 10.5. The molecule has 0 atom stereocenters. The number of halogens is 1. The Bertz CT molecular complexity index is 1400. The highest BCUT2D eigenvalue weighted by Crippen LogP contribution is 2.34. The van der Waals surface area contributed by atoms with Crippen molar-refractivity contribution >= 4 is 40.0 Å². The summed E-state index contributed by atoms with van der Waals surface area (Å²) >= 11 is 6.28. The standard InChI is InChI=1S/C19H16ClNO.C5H6N6/c20-17-8-4-5-14-12-16(11-13-9-10-13)21(19(22)18(14)17)15-6-2-1-3-7-15;6-1-2-3(7)10-5(9)11-4(2)8/h1-8,12-13H,9-11H2;(H6,7,8,9,10,11). The fourth-order valence-corrected chi connectivity index (χ4v) is 3.89. The van der Waals surface area contributed by atoms with Gasteiger partial charge in [0.1, 0.15) is 23.3 Å². The Kier molecular flexibility index (Phi) is 6.16. The molecule has 2 heterocycles. The van der Waals surface area contributed by atoms with E-state index in [-0.39, 0.29) is 28.7 Å². The van der Waals surface area contributed by atoms with E-state index in [4.69, 9.17) is 34.1 Å². The number of anilines is 3. The lowest BCUT2D eigenvalue weighted by atomic mass is 10.1. The van der Waals surface area contributed by atoms with Crippen LogP contribution in [-0.4, -0.2) is 14.5 Å². The fraction of sp³-hybridized carbons (Fsp3) is 0.167. The van der Waals surface area contributed by atoms with E-state index >= 15 is 0 Å². The SMILES string of the molecule is N#Cc1c(N)nc(N)nc1N.O=c1c2c(Cl)cccc2cc(CC2CC2)n1-c1ccccc1. The van der Waals surface area contributed by atoms with Crippen LogP contribution < -0.4 is 22.8 Å². The van der Waals surface area contributed by atoms with Gasteiger partial charge in [-0.2, -0.15) is 15.2 Å². The van der Waals surface area contributed by atoms with Gasteiger partial charge in [0.25, 0.3) is 5.56 Å². The zero-order chi connectivity index (χ0) is 23.5. The summed E-state index contributed by atoms with van der Waals surface area (Å²) in [6.45, 7) is 0. The summed E-state index contributed by atoms with van der Waals surface area (Å²) in [4.78, 5) is 20.1. The number of fused-ring (bicyclic) bond motifs is 1. The van der Waals surface area contributed by atoms with Crippen molar-refractivity contribution in [3.05, 3.63) is 81.2 Å². The number of pyridine rings is 1. The minimum atomic E-state index is -0.0287. The molecule has 0 aliphatic heterocycles. The first-order chi connectivity index (χ1) is 15.9. The van der Waals surface area contributed by atoms with Crippen LogP contribution in [0.15, 0.2) is 59.4 Å². The molecule has 0 unspecified atom stereocenters. The van der Waals surface area contributed by atoms with Crippen molar-refractivity contribution in [2.24, 2.45) is 5.92 Å². The van der Waals surface area contributed by atoms with Crippen molar-refractivity contribution in [2.75, 3.05) is 17.2 Å². The third-order valence-corrected chi connectivity index (χ3v) is 5.69. The highest BCUT2D eigenvalue weighted by atomic mass is 35.5. The number of aromatic nitrogens is 3. The highest BCUT2D eigenvalue weighted by Gasteiger charge is 2.24. The van der Waals surface area contributed by atoms with Crippen LogP contribution in [0.4, 0.5) is 17.6 Å². The normalized spacial score (nSPS) is 12.6. The molecule has 2 aromatic carbocycles. The Morgan fingerprint density at radius 1 is 1.03 bits per heavy atom. The number of para-hydroxylation sites is 1. The van der Waals surface area contributed by atoms with Gasteiger partial charge in [-0.25, -0.2) is 0 Å². The molecule has 1 aliphatic rings. The maximum atomic E-state index is 13.1. The van der Waals surface area contributed by atoms with Crippen LogP contribution in [0.5, 0.6) is 0 Å². The Morgan fingerprint density at radius 2 is 1.70 bits per heavy atom. The number of hydrogen-bond donors (Lipinski definition) is 3. The van der Waals surface area contributed by atoms with Crippen molar-refractivity contribution in [2.45, 2.75) is 19.3 Å². The molecule has 8 nitrogen and oxygen atoms in total. The van der Waals surface area contributed by atoms with Crippen molar-refractivity contribution in [3.63, 3.8) is 0 Å². The molecular weight excluding hydrogens is 438 g/mol. The van der Waals surface area contributed by atoms with E-state index in [0.717, 1.165) is 23.2 Å². The fourth-order valence-electron chi connectivity index (χ4n) is 3.63. The first kappa shape index (κ1) is 22.1. The molecule has 9 heteroatoms. The topological polar surface area (TPSA) is 150 Å². The van der Waals surface area contributed by atoms with E-state index in [1.165, 1.54) is 12.8 Å². The van der Waals surface area contributed by atoms with Gasteiger partial charge in [0.05, 0.1) is 10.4 Å². The molecule has 0 bridgehead atoms. The summed E-state index contributed by atoms with van der Waals surface area (Å²) in [5.41, 5.74) is 17.8. The van der Waals surface area contributed by atoms with Gasteiger partial charge in [0.2, 0.25) is 5.95 Å². The van der Waals surface area contributed by atoms with E-state index in [0.29, 0.717) is 16.3 Å². The first-order valence-electron chi connectivity index (χ1n) is 10.4. The zero-order valence-corrected chi connectivity index (χ0v) is 18.5. The third kappa shape index (κ3) is 4.73. The highest BCUT2D eigenvalue weighted by molar-refractivity contribution is 6.35. The Morgan fingerprint density at radius 3 is 2.30 bits per heavy atom. The number of nitrogens with two attached hydrogens (primary N) is 3. The molecule has 1 aliphatic carbocycles. The number of nitrogens with zero attached hydrogens (tertiary/aromatic N) is 4. The molecule has 5 rings (SSSR count). The lowest BCUT2D eigenvalue weighted by molar-refractivity contribution is 0.763. The summed E-state index contributed by atoms with van der Waals surface area (Å²) in [7, 11) is 0. The van der Waals surface area contributed by atoms with Crippen LogP contribution in [0.25, 0.3) is 16.5 Å². The van der Waals surface area contributed by atoms with E-state index in [1.807, 2.05) is 47.0 Å². The largest absolute Gasteiger partial charge is 0.382 e. The molecule has 1 saturated carbocycles. The van der Waals surface area contributed by atoms with Gasteiger partial charge in [-0.1, -0.05) is 41.9 Å². The molecule has 0 spiro atoms. The Balaban J connectivity index is 0.000000200. The van der Waals surface area contributed by atoms with E-state index in [1.54, 1.807) is 12.1 Å². The number of rotatable bonds is 3. The van der Waals surface area contributed by atoms with Gasteiger partial charge >= 0.3 is 0 Å². The maximum absolute atomic E-state index is 13.1. The second kappa shape index (κ2) is 9.18. The van der Waals surface area contributed by atoms with Gasteiger partial charge in [0, 0.05) is 11.4 Å². The van der Waals surface area contributed by atoms with Crippen molar-refractivity contribution in [1.29, 1.82) is 5.26 Å². The quantitative estimate of drug-likeness (QED) is 0.422. The molecule has 0 radical (unpaired) electrons. The van der Waals surface area contributed by atoms with E-state index in [9.17, 15) is 4.79 Å².